The molecule has 2 fully saturated rings. The molecule has 0 spiro atoms. The van der Waals surface area contributed by atoms with Crippen molar-refractivity contribution in [2.75, 3.05) is 13.1 Å². The number of piperidine rings is 1. The lowest BCUT2D eigenvalue weighted by Gasteiger charge is -2.16. The minimum absolute atomic E-state index is 0.143. The summed E-state index contributed by atoms with van der Waals surface area (Å²) in [6.07, 6.45) is 0. The fraction of sp³-hybridized carbons (Fsp3) is 0.909. The van der Waals surface area contributed by atoms with E-state index in [9.17, 15) is 4.79 Å². The molecular formula is C11H20N2O. The second-order valence-corrected chi connectivity index (χ2v) is 5.05. The third-order valence-electron chi connectivity index (χ3n) is 3.81. The molecule has 0 bridgehead atoms. The highest BCUT2D eigenvalue weighted by Crippen LogP contribution is 2.41. The van der Waals surface area contributed by atoms with Crippen molar-refractivity contribution in [3.8, 4) is 0 Å². The molecular weight excluding hydrogens is 176 g/mol. The predicted molar refractivity (Wildman–Crippen MR) is 55.8 cm³/mol. The first-order valence-electron chi connectivity index (χ1n) is 5.62. The van der Waals surface area contributed by atoms with E-state index in [0.29, 0.717) is 12.0 Å². The van der Waals surface area contributed by atoms with Crippen LogP contribution in [-0.4, -0.2) is 25.0 Å². The molecule has 2 rings (SSSR count). The van der Waals surface area contributed by atoms with Crippen LogP contribution in [0.25, 0.3) is 0 Å². The molecule has 3 atom stereocenters. The summed E-state index contributed by atoms with van der Waals surface area (Å²) in [6, 6.07) is 0.477. The molecule has 1 saturated heterocycles. The summed E-state index contributed by atoms with van der Waals surface area (Å²) < 4.78 is 0. The van der Waals surface area contributed by atoms with E-state index in [2.05, 4.69) is 24.5 Å². The Kier molecular flexibility index (Phi) is 2.52. The molecule has 1 saturated carbocycles. The van der Waals surface area contributed by atoms with Crippen LogP contribution in [0, 0.1) is 23.7 Å². The van der Waals surface area contributed by atoms with Gasteiger partial charge < -0.3 is 10.6 Å². The van der Waals surface area contributed by atoms with E-state index in [1.54, 1.807) is 0 Å². The Hall–Kier alpha value is -0.570. The molecule has 14 heavy (non-hydrogen) atoms. The van der Waals surface area contributed by atoms with Crippen LogP contribution >= 0.6 is 0 Å². The minimum Gasteiger partial charge on any atom is -0.352 e. The van der Waals surface area contributed by atoms with Gasteiger partial charge in [-0.3, -0.25) is 4.79 Å². The number of nitrogens with one attached hydrogen (secondary N) is 2. The highest BCUT2D eigenvalue weighted by atomic mass is 16.2. The van der Waals surface area contributed by atoms with Gasteiger partial charge in [0.05, 0.1) is 0 Å². The fourth-order valence-electron chi connectivity index (χ4n) is 2.23. The normalized spacial score (nSPS) is 36.7. The summed E-state index contributed by atoms with van der Waals surface area (Å²) in [7, 11) is 0. The Morgan fingerprint density at radius 3 is 2.36 bits per heavy atom. The third kappa shape index (κ3) is 1.65. The minimum atomic E-state index is 0.143. The van der Waals surface area contributed by atoms with Crippen molar-refractivity contribution in [2.45, 2.75) is 26.8 Å². The Bertz CT molecular complexity index is 229. The zero-order chi connectivity index (χ0) is 10.3. The lowest BCUT2D eigenvalue weighted by Crippen LogP contribution is -2.37. The molecule has 1 aliphatic heterocycles. The molecule has 0 aromatic carbocycles. The quantitative estimate of drug-likeness (QED) is 0.694. The summed E-state index contributed by atoms with van der Waals surface area (Å²) >= 11 is 0. The topological polar surface area (TPSA) is 41.1 Å². The van der Waals surface area contributed by atoms with Crippen molar-refractivity contribution in [2.24, 2.45) is 23.7 Å². The summed E-state index contributed by atoms with van der Waals surface area (Å²) in [6.45, 7) is 8.38. The highest BCUT2D eigenvalue weighted by Gasteiger charge is 2.53. The van der Waals surface area contributed by atoms with Gasteiger partial charge in [0, 0.05) is 25.0 Å². The first-order chi connectivity index (χ1) is 6.61. The largest absolute Gasteiger partial charge is 0.352 e. The summed E-state index contributed by atoms with van der Waals surface area (Å²) in [5, 5.41) is 6.48. The molecule has 3 unspecified atom stereocenters. The van der Waals surface area contributed by atoms with Crippen molar-refractivity contribution in [3.05, 3.63) is 0 Å². The first kappa shape index (κ1) is 9.97. The number of carbonyl (C=O) groups is 1. The second kappa shape index (κ2) is 3.54. The number of amides is 1. The lowest BCUT2D eigenvalue weighted by molar-refractivity contribution is -0.126. The standard InChI is InChI=1S/C11H20N2O/c1-6(2)7(3)11(14)13-10-8-4-12-5-9(8)10/h6-10,12H,4-5H2,1-3H3,(H,13,14). The van der Waals surface area contributed by atoms with E-state index in [-0.39, 0.29) is 11.8 Å². The number of rotatable bonds is 3. The van der Waals surface area contributed by atoms with Crippen LogP contribution in [0.2, 0.25) is 0 Å². The van der Waals surface area contributed by atoms with Crippen LogP contribution in [-0.2, 0) is 4.79 Å². The Balaban J connectivity index is 1.79. The van der Waals surface area contributed by atoms with Crippen molar-refractivity contribution < 1.29 is 4.79 Å². The highest BCUT2D eigenvalue weighted by molar-refractivity contribution is 5.79. The van der Waals surface area contributed by atoms with Gasteiger partial charge in [0.1, 0.15) is 0 Å². The van der Waals surface area contributed by atoms with E-state index in [4.69, 9.17) is 0 Å². The van der Waals surface area contributed by atoms with Gasteiger partial charge in [0.2, 0.25) is 5.91 Å². The number of hydrogen-bond acceptors (Lipinski definition) is 2. The molecule has 0 aromatic heterocycles. The smallest absolute Gasteiger partial charge is 0.223 e. The van der Waals surface area contributed by atoms with Crippen molar-refractivity contribution >= 4 is 5.91 Å². The third-order valence-corrected chi connectivity index (χ3v) is 3.81. The van der Waals surface area contributed by atoms with Crippen LogP contribution in [0.15, 0.2) is 0 Å². The van der Waals surface area contributed by atoms with Gasteiger partial charge in [0.25, 0.3) is 0 Å². The van der Waals surface area contributed by atoms with E-state index in [1.165, 1.54) is 0 Å². The van der Waals surface area contributed by atoms with Crippen LogP contribution in [0.4, 0.5) is 0 Å². The number of hydrogen-bond donors (Lipinski definition) is 2. The van der Waals surface area contributed by atoms with Crippen LogP contribution in [0.1, 0.15) is 20.8 Å². The van der Waals surface area contributed by atoms with Gasteiger partial charge in [-0.25, -0.2) is 0 Å². The fourth-order valence-corrected chi connectivity index (χ4v) is 2.23. The van der Waals surface area contributed by atoms with Gasteiger partial charge in [-0.15, -0.1) is 0 Å². The van der Waals surface area contributed by atoms with Crippen LogP contribution in [0.3, 0.4) is 0 Å². The summed E-state index contributed by atoms with van der Waals surface area (Å²) in [5.41, 5.74) is 0. The van der Waals surface area contributed by atoms with Gasteiger partial charge in [-0.05, 0) is 17.8 Å². The zero-order valence-corrected chi connectivity index (χ0v) is 9.21. The van der Waals surface area contributed by atoms with Gasteiger partial charge in [0.15, 0.2) is 0 Å². The average Bonchev–Trinajstić information content (AvgIpc) is 2.63. The number of fused-ring (bicyclic) bond motifs is 1. The maximum atomic E-state index is 11.7. The van der Waals surface area contributed by atoms with Crippen LogP contribution < -0.4 is 10.6 Å². The molecule has 2 aliphatic rings. The maximum Gasteiger partial charge on any atom is 0.223 e. The zero-order valence-electron chi connectivity index (χ0n) is 9.21. The molecule has 80 valence electrons. The Morgan fingerprint density at radius 1 is 1.29 bits per heavy atom. The lowest BCUT2D eigenvalue weighted by atomic mass is 9.97. The predicted octanol–water partition coefficient (Wildman–Crippen LogP) is 0.612. The van der Waals surface area contributed by atoms with E-state index >= 15 is 0 Å². The summed E-state index contributed by atoms with van der Waals surface area (Å²) in [4.78, 5) is 11.7. The molecule has 1 amide bonds. The molecule has 1 aliphatic carbocycles. The van der Waals surface area contributed by atoms with Gasteiger partial charge in [-0.1, -0.05) is 20.8 Å². The number of carbonyl (C=O) groups excluding carboxylic acids is 1. The Labute approximate surface area is 85.6 Å². The Morgan fingerprint density at radius 2 is 1.86 bits per heavy atom. The van der Waals surface area contributed by atoms with Gasteiger partial charge in [-0.2, -0.15) is 0 Å². The molecule has 0 radical (unpaired) electrons. The maximum absolute atomic E-state index is 11.7. The van der Waals surface area contributed by atoms with Gasteiger partial charge >= 0.3 is 0 Å². The average molecular weight is 196 g/mol. The van der Waals surface area contributed by atoms with Crippen LogP contribution in [0.5, 0.6) is 0 Å². The first-order valence-corrected chi connectivity index (χ1v) is 5.62. The molecule has 3 heteroatoms. The molecule has 1 heterocycles. The summed E-state index contributed by atoms with van der Waals surface area (Å²) in [5.74, 6) is 2.26. The van der Waals surface area contributed by atoms with Crippen molar-refractivity contribution in [1.82, 2.24) is 10.6 Å². The molecule has 2 N–H and O–H groups in total. The van der Waals surface area contributed by atoms with E-state index < -0.39 is 0 Å². The SMILES string of the molecule is CC(C)C(C)C(=O)NC1C2CNCC21. The van der Waals surface area contributed by atoms with Crippen molar-refractivity contribution in [3.63, 3.8) is 0 Å². The van der Waals surface area contributed by atoms with Crippen molar-refractivity contribution in [1.29, 1.82) is 0 Å². The van der Waals surface area contributed by atoms with E-state index in [0.717, 1.165) is 24.9 Å². The van der Waals surface area contributed by atoms with E-state index in [1.807, 2.05) is 6.92 Å². The molecule has 3 nitrogen and oxygen atoms in total. The molecule has 0 aromatic rings. The second-order valence-electron chi connectivity index (χ2n) is 5.05. The monoisotopic (exact) mass is 196 g/mol.